The molecule has 25 heavy (non-hydrogen) atoms. The van der Waals surface area contributed by atoms with Crippen molar-refractivity contribution in [3.05, 3.63) is 58.0 Å². The summed E-state index contributed by atoms with van der Waals surface area (Å²) in [4.78, 5) is 25.5. The van der Waals surface area contributed by atoms with Crippen LogP contribution in [0, 0.1) is 0 Å². The lowest BCUT2D eigenvalue weighted by atomic mass is 9.94. The monoisotopic (exact) mass is 340 g/mol. The van der Waals surface area contributed by atoms with E-state index in [2.05, 4.69) is 5.32 Å². The lowest BCUT2D eigenvalue weighted by Gasteiger charge is -2.23. The van der Waals surface area contributed by atoms with Crippen LogP contribution >= 0.6 is 0 Å². The zero-order chi connectivity index (χ0) is 17.6. The highest BCUT2D eigenvalue weighted by Crippen LogP contribution is 2.27. The Kier molecular flexibility index (Phi) is 5.66. The second-order valence-corrected chi connectivity index (χ2v) is 6.29. The van der Waals surface area contributed by atoms with Crippen LogP contribution in [-0.2, 0) is 17.7 Å². The number of nitrogens with one attached hydrogen (secondary N) is 1. The summed E-state index contributed by atoms with van der Waals surface area (Å²) >= 11 is 0. The van der Waals surface area contributed by atoms with Crippen LogP contribution in [0.2, 0.25) is 0 Å². The standard InChI is InChI=1S/C20H24N2O3/c1-25-13-7-11-21-20(24)19-16(15-8-3-2-4-9-15)14-18(23)22-12-6-5-10-17(19)22/h2-4,8-9,14H,5-7,10-13H2,1H3,(H,21,24). The number of rotatable bonds is 6. The first-order chi connectivity index (χ1) is 12.2. The molecule has 0 aliphatic carbocycles. The molecule has 2 aromatic rings. The lowest BCUT2D eigenvalue weighted by Crippen LogP contribution is -2.33. The van der Waals surface area contributed by atoms with E-state index in [1.54, 1.807) is 17.7 Å². The molecule has 0 radical (unpaired) electrons. The smallest absolute Gasteiger partial charge is 0.253 e. The number of benzene rings is 1. The Morgan fingerprint density at radius 3 is 2.80 bits per heavy atom. The zero-order valence-corrected chi connectivity index (χ0v) is 14.6. The summed E-state index contributed by atoms with van der Waals surface area (Å²) in [6.45, 7) is 1.85. The average Bonchev–Trinajstić information content (AvgIpc) is 2.66. The van der Waals surface area contributed by atoms with Gasteiger partial charge in [-0.2, -0.15) is 0 Å². The molecule has 1 aliphatic rings. The zero-order valence-electron chi connectivity index (χ0n) is 14.6. The highest BCUT2D eigenvalue weighted by molar-refractivity contribution is 6.02. The van der Waals surface area contributed by atoms with Gasteiger partial charge in [0.05, 0.1) is 5.56 Å². The molecule has 0 fully saturated rings. The number of hydrogen-bond donors (Lipinski definition) is 1. The molecule has 1 aliphatic heterocycles. The Labute approximate surface area is 147 Å². The number of fused-ring (bicyclic) bond motifs is 1. The van der Waals surface area contributed by atoms with Crippen molar-refractivity contribution in [2.24, 2.45) is 0 Å². The van der Waals surface area contributed by atoms with Crippen molar-refractivity contribution in [1.82, 2.24) is 9.88 Å². The van der Waals surface area contributed by atoms with Gasteiger partial charge >= 0.3 is 0 Å². The summed E-state index contributed by atoms with van der Waals surface area (Å²) in [6, 6.07) is 11.3. The van der Waals surface area contributed by atoms with Gasteiger partial charge in [-0.05, 0) is 31.2 Å². The third-order valence-corrected chi connectivity index (χ3v) is 4.59. The molecular formula is C20H24N2O3. The van der Waals surface area contributed by atoms with E-state index in [9.17, 15) is 9.59 Å². The Bertz CT molecular complexity index is 797. The number of methoxy groups -OCH3 is 1. The van der Waals surface area contributed by atoms with E-state index in [1.165, 1.54) is 0 Å². The van der Waals surface area contributed by atoms with E-state index in [4.69, 9.17) is 4.74 Å². The van der Waals surface area contributed by atoms with E-state index in [0.29, 0.717) is 25.3 Å². The fraction of sp³-hybridized carbons (Fsp3) is 0.400. The van der Waals surface area contributed by atoms with Gasteiger partial charge in [-0.3, -0.25) is 9.59 Å². The molecule has 1 aromatic heterocycles. The Balaban J connectivity index is 2.04. The molecule has 0 saturated carbocycles. The van der Waals surface area contributed by atoms with E-state index < -0.39 is 0 Å². The van der Waals surface area contributed by atoms with Gasteiger partial charge in [0.15, 0.2) is 0 Å². The minimum absolute atomic E-state index is 0.0236. The van der Waals surface area contributed by atoms with Gasteiger partial charge in [-0.1, -0.05) is 30.3 Å². The highest BCUT2D eigenvalue weighted by Gasteiger charge is 2.23. The number of amides is 1. The summed E-state index contributed by atoms with van der Waals surface area (Å²) < 4.78 is 6.80. The minimum Gasteiger partial charge on any atom is -0.385 e. The third kappa shape index (κ3) is 3.82. The average molecular weight is 340 g/mol. The second-order valence-electron chi connectivity index (χ2n) is 6.29. The molecule has 1 amide bonds. The normalized spacial score (nSPS) is 13.3. The molecule has 0 bridgehead atoms. The molecule has 0 unspecified atom stereocenters. The Morgan fingerprint density at radius 2 is 2.04 bits per heavy atom. The SMILES string of the molecule is COCCCNC(=O)c1c(-c2ccccc2)cc(=O)n2c1CCCC2. The Morgan fingerprint density at radius 1 is 1.24 bits per heavy atom. The van der Waals surface area contributed by atoms with E-state index in [0.717, 1.165) is 42.5 Å². The van der Waals surface area contributed by atoms with Crippen LogP contribution in [0.4, 0.5) is 0 Å². The van der Waals surface area contributed by atoms with Crippen LogP contribution in [0.1, 0.15) is 35.3 Å². The molecule has 5 heteroatoms. The lowest BCUT2D eigenvalue weighted by molar-refractivity contribution is 0.0947. The van der Waals surface area contributed by atoms with Gasteiger partial charge in [0.2, 0.25) is 0 Å². The second kappa shape index (κ2) is 8.12. The van der Waals surface area contributed by atoms with Crippen molar-refractivity contribution >= 4 is 5.91 Å². The van der Waals surface area contributed by atoms with Crippen LogP contribution in [-0.4, -0.2) is 30.7 Å². The summed E-state index contributed by atoms with van der Waals surface area (Å²) in [5, 5.41) is 2.98. The molecule has 0 atom stereocenters. The molecule has 5 nitrogen and oxygen atoms in total. The van der Waals surface area contributed by atoms with Crippen molar-refractivity contribution in [1.29, 1.82) is 0 Å². The summed E-state index contributed by atoms with van der Waals surface area (Å²) in [5.41, 5.74) is 3.10. The number of hydrogen-bond acceptors (Lipinski definition) is 3. The molecular weight excluding hydrogens is 316 g/mol. The molecule has 1 N–H and O–H groups in total. The van der Waals surface area contributed by atoms with E-state index in [1.807, 2.05) is 30.3 Å². The van der Waals surface area contributed by atoms with Gasteiger partial charge in [0.1, 0.15) is 0 Å². The van der Waals surface area contributed by atoms with Crippen LogP contribution < -0.4 is 10.9 Å². The maximum Gasteiger partial charge on any atom is 0.253 e. The first kappa shape index (κ1) is 17.4. The van der Waals surface area contributed by atoms with Crippen LogP contribution in [0.5, 0.6) is 0 Å². The number of pyridine rings is 1. The predicted molar refractivity (Wildman–Crippen MR) is 97.9 cm³/mol. The van der Waals surface area contributed by atoms with Crippen molar-refractivity contribution in [2.75, 3.05) is 20.3 Å². The Hall–Kier alpha value is -2.40. The van der Waals surface area contributed by atoms with E-state index in [-0.39, 0.29) is 11.5 Å². The fourth-order valence-electron chi connectivity index (χ4n) is 3.37. The summed E-state index contributed by atoms with van der Waals surface area (Å²) in [6.07, 6.45) is 3.50. The number of carbonyl (C=O) groups is 1. The van der Waals surface area contributed by atoms with Crippen molar-refractivity contribution < 1.29 is 9.53 Å². The molecule has 0 saturated heterocycles. The first-order valence-corrected chi connectivity index (χ1v) is 8.81. The maximum absolute atomic E-state index is 12.9. The predicted octanol–water partition coefficient (Wildman–Crippen LogP) is 2.62. The summed E-state index contributed by atoms with van der Waals surface area (Å²) in [5.74, 6) is -0.111. The topological polar surface area (TPSA) is 60.3 Å². The van der Waals surface area contributed by atoms with Crippen LogP contribution in [0.3, 0.4) is 0 Å². The molecule has 2 heterocycles. The largest absolute Gasteiger partial charge is 0.385 e. The van der Waals surface area contributed by atoms with Gasteiger partial charge in [0, 0.05) is 44.1 Å². The van der Waals surface area contributed by atoms with Gasteiger partial charge < -0.3 is 14.6 Å². The molecule has 0 spiro atoms. The van der Waals surface area contributed by atoms with Crippen molar-refractivity contribution in [3.63, 3.8) is 0 Å². The molecule has 3 rings (SSSR count). The number of carbonyl (C=O) groups excluding carboxylic acids is 1. The van der Waals surface area contributed by atoms with Gasteiger partial charge in [-0.25, -0.2) is 0 Å². The molecule has 1 aromatic carbocycles. The first-order valence-electron chi connectivity index (χ1n) is 8.81. The highest BCUT2D eigenvalue weighted by atomic mass is 16.5. The fourth-order valence-corrected chi connectivity index (χ4v) is 3.37. The van der Waals surface area contributed by atoms with Crippen LogP contribution in [0.25, 0.3) is 11.1 Å². The van der Waals surface area contributed by atoms with Gasteiger partial charge in [0.25, 0.3) is 11.5 Å². The number of aromatic nitrogens is 1. The number of ether oxygens (including phenoxy) is 1. The van der Waals surface area contributed by atoms with Crippen molar-refractivity contribution in [2.45, 2.75) is 32.2 Å². The van der Waals surface area contributed by atoms with Crippen LogP contribution in [0.15, 0.2) is 41.2 Å². The quantitative estimate of drug-likeness (QED) is 0.823. The summed E-state index contributed by atoms with van der Waals surface area (Å²) in [7, 11) is 1.65. The van der Waals surface area contributed by atoms with Crippen molar-refractivity contribution in [3.8, 4) is 11.1 Å². The molecule has 132 valence electrons. The third-order valence-electron chi connectivity index (χ3n) is 4.59. The van der Waals surface area contributed by atoms with E-state index >= 15 is 0 Å². The minimum atomic E-state index is -0.111. The maximum atomic E-state index is 12.9. The van der Waals surface area contributed by atoms with Gasteiger partial charge in [-0.15, -0.1) is 0 Å². The number of nitrogens with zero attached hydrogens (tertiary/aromatic N) is 1.